The topological polar surface area (TPSA) is 246 Å². The van der Waals surface area contributed by atoms with Gasteiger partial charge in [-0.2, -0.15) is 0 Å². The molecule has 0 aromatic rings. The quantitative estimate of drug-likeness (QED) is 0.0432. The predicted octanol–water partition coefficient (Wildman–Crippen LogP) is 0.312. The molecule has 15 nitrogen and oxygen atoms in total. The van der Waals surface area contributed by atoms with Gasteiger partial charge < -0.3 is 31.0 Å². The number of carbonyl (C=O) groups excluding carboxylic acids is 4. The molecule has 0 aliphatic carbocycles. The highest BCUT2D eigenvalue weighted by molar-refractivity contribution is 7.85. The monoisotopic (exact) mass is 576 g/mol. The molecule has 0 aromatic carbocycles. The molecule has 0 saturated carbocycles. The van der Waals surface area contributed by atoms with Crippen LogP contribution in [0.25, 0.3) is 10.4 Å². The number of unbranched alkanes of at least 4 members (excludes halogenated alkanes) is 2. The van der Waals surface area contributed by atoms with Crippen molar-refractivity contribution in [2.75, 3.05) is 45.1 Å². The van der Waals surface area contributed by atoms with E-state index in [0.29, 0.717) is 32.4 Å². The number of nitrogens with one attached hydrogen (secondary N) is 3. The van der Waals surface area contributed by atoms with Crippen LogP contribution in [-0.4, -0.2) is 81.7 Å². The normalized spacial score (nSPS) is 13.4. The second-order valence-corrected chi connectivity index (χ2v) is 10.7. The van der Waals surface area contributed by atoms with Gasteiger partial charge in [0, 0.05) is 54.7 Å². The highest BCUT2D eigenvalue weighted by atomic mass is 32.2. The van der Waals surface area contributed by atoms with Gasteiger partial charge >= 0.3 is 0 Å². The molecule has 224 valence electrons. The number of rotatable bonds is 23. The summed E-state index contributed by atoms with van der Waals surface area (Å²) < 4.78 is 36.9. The molecule has 0 heterocycles. The van der Waals surface area contributed by atoms with Crippen LogP contribution in [-0.2, 0) is 34.0 Å². The van der Waals surface area contributed by atoms with Crippen LogP contribution >= 0.6 is 0 Å². The summed E-state index contributed by atoms with van der Waals surface area (Å²) in [5.74, 6) is -3.58. The van der Waals surface area contributed by atoms with Crippen molar-refractivity contribution in [3.63, 3.8) is 0 Å². The molecule has 0 radical (unpaired) electrons. The van der Waals surface area contributed by atoms with E-state index in [9.17, 15) is 32.1 Å². The first-order valence-electron chi connectivity index (χ1n) is 13.0. The lowest BCUT2D eigenvalue weighted by atomic mass is 9.85. The summed E-state index contributed by atoms with van der Waals surface area (Å²) in [6.07, 6.45) is 3.04. The minimum absolute atomic E-state index is 0.0711. The van der Waals surface area contributed by atoms with E-state index in [4.69, 9.17) is 16.0 Å². The first-order valence-corrected chi connectivity index (χ1v) is 14.6. The third-order valence-electron chi connectivity index (χ3n) is 5.91. The van der Waals surface area contributed by atoms with Crippen LogP contribution in [0.5, 0.6) is 0 Å². The van der Waals surface area contributed by atoms with Crippen LogP contribution in [0.4, 0.5) is 0 Å². The van der Waals surface area contributed by atoms with Crippen molar-refractivity contribution in [3.8, 4) is 0 Å². The molecule has 39 heavy (non-hydrogen) atoms. The summed E-state index contributed by atoms with van der Waals surface area (Å²) in [6.45, 7) is 4.42. The van der Waals surface area contributed by atoms with Crippen LogP contribution in [0.1, 0.15) is 58.8 Å². The smallest absolute Gasteiger partial charge is 0.225 e. The Bertz CT molecular complexity index is 925. The van der Waals surface area contributed by atoms with E-state index in [2.05, 4.69) is 26.0 Å². The molecule has 5 N–H and O–H groups in total. The van der Waals surface area contributed by atoms with Gasteiger partial charge in [-0.1, -0.05) is 19.0 Å². The maximum Gasteiger partial charge on any atom is 0.225 e. The molecule has 0 aliphatic heterocycles. The first kappa shape index (κ1) is 36.1. The Balaban J connectivity index is 4.61. The second-order valence-electron chi connectivity index (χ2n) is 9.19. The third kappa shape index (κ3) is 19.7. The Labute approximate surface area is 229 Å². The van der Waals surface area contributed by atoms with E-state index in [-0.39, 0.29) is 63.3 Å². The third-order valence-corrected chi connectivity index (χ3v) is 6.70. The number of ether oxygens (including phenoxy) is 1. The van der Waals surface area contributed by atoms with Gasteiger partial charge in [-0.05, 0) is 50.5 Å². The van der Waals surface area contributed by atoms with Crippen LogP contribution in [0, 0.1) is 17.8 Å². The zero-order chi connectivity index (χ0) is 29.7. The lowest BCUT2D eigenvalue weighted by Gasteiger charge is -2.23. The van der Waals surface area contributed by atoms with Gasteiger partial charge in [-0.15, -0.1) is 0 Å². The number of carbonyl (C=O) groups is 4. The molecular weight excluding hydrogens is 534 g/mol. The average molecular weight is 577 g/mol. The van der Waals surface area contributed by atoms with Gasteiger partial charge in [0.25, 0.3) is 0 Å². The van der Waals surface area contributed by atoms with Crippen molar-refractivity contribution < 1.29 is 36.9 Å². The Morgan fingerprint density at radius 3 is 2.15 bits per heavy atom. The fourth-order valence-corrected chi connectivity index (χ4v) is 4.12. The Morgan fingerprint density at radius 1 is 0.949 bits per heavy atom. The molecule has 0 aliphatic rings. The molecule has 3 unspecified atom stereocenters. The Morgan fingerprint density at radius 2 is 1.56 bits per heavy atom. The van der Waals surface area contributed by atoms with Crippen LogP contribution in [0.3, 0.4) is 0 Å². The lowest BCUT2D eigenvalue weighted by Crippen LogP contribution is -2.39. The summed E-state index contributed by atoms with van der Waals surface area (Å²) in [5.41, 5.74) is 13.6. The van der Waals surface area contributed by atoms with E-state index in [0.717, 1.165) is 6.42 Å². The van der Waals surface area contributed by atoms with E-state index < -0.39 is 39.5 Å². The Kier molecular flexibility index (Phi) is 19.4. The fourth-order valence-electron chi connectivity index (χ4n) is 3.65. The number of hydrogen-bond acceptors (Lipinski definition) is 9. The highest BCUT2D eigenvalue weighted by Crippen LogP contribution is 2.23. The van der Waals surface area contributed by atoms with Gasteiger partial charge in [0.1, 0.15) is 6.54 Å². The van der Waals surface area contributed by atoms with Crippen molar-refractivity contribution in [1.82, 2.24) is 16.0 Å². The van der Waals surface area contributed by atoms with Crippen molar-refractivity contribution in [2.24, 2.45) is 28.6 Å². The van der Waals surface area contributed by atoms with Crippen molar-refractivity contribution in [2.45, 2.75) is 58.8 Å². The molecule has 4 amide bonds. The number of hydrogen-bond donors (Lipinski definition) is 4. The zero-order valence-corrected chi connectivity index (χ0v) is 23.5. The maximum absolute atomic E-state index is 12.9. The Hall–Kier alpha value is -2.94. The van der Waals surface area contributed by atoms with E-state index in [1.54, 1.807) is 6.92 Å². The largest absolute Gasteiger partial charge is 0.748 e. The maximum atomic E-state index is 12.9. The predicted molar refractivity (Wildman–Crippen MR) is 142 cm³/mol. The summed E-state index contributed by atoms with van der Waals surface area (Å²) in [6, 6.07) is 0. The SMILES string of the molecule is CCC(CC(CC(C)C(N)=O)C(=O)NCCCCCNC(=O)CN=[N+]=[N-])C(=O)NCCOCCCS(=O)(=O)[O-]. The zero-order valence-electron chi connectivity index (χ0n) is 22.7. The van der Waals surface area contributed by atoms with Crippen LogP contribution in [0.15, 0.2) is 5.11 Å². The molecule has 0 rings (SSSR count). The van der Waals surface area contributed by atoms with Gasteiger partial charge in [-0.25, -0.2) is 8.42 Å². The van der Waals surface area contributed by atoms with Crippen molar-refractivity contribution in [3.05, 3.63) is 10.4 Å². The van der Waals surface area contributed by atoms with Crippen molar-refractivity contribution >= 4 is 33.7 Å². The summed E-state index contributed by atoms with van der Waals surface area (Å²) in [4.78, 5) is 51.1. The average Bonchev–Trinajstić information content (AvgIpc) is 2.87. The standard InChI is InChI=1S/C23H43N7O8S/c1-3-18(22(33)28-10-12-38-11-7-13-39(35,36)37)15-19(14-17(2)21(24)32)23(34)27-9-6-4-5-8-26-20(31)16-29-30-25/h17-19H,3-16H2,1-2H3,(H2,24,32)(H,26,31)(H,27,34)(H,28,33)(H,35,36,37)/p-1. The molecule has 0 aromatic heterocycles. The molecule has 0 saturated heterocycles. The van der Waals surface area contributed by atoms with Gasteiger partial charge in [0.15, 0.2) is 0 Å². The van der Waals surface area contributed by atoms with E-state index in [1.165, 1.54) is 0 Å². The molecule has 0 fully saturated rings. The molecule has 0 bridgehead atoms. The fraction of sp³-hybridized carbons (Fsp3) is 0.826. The minimum Gasteiger partial charge on any atom is -0.748 e. The lowest BCUT2D eigenvalue weighted by molar-refractivity contribution is -0.129. The number of primary amides is 1. The molecular formula is C23H42N7O8S-. The summed E-state index contributed by atoms with van der Waals surface area (Å²) >= 11 is 0. The minimum atomic E-state index is -4.28. The van der Waals surface area contributed by atoms with Crippen LogP contribution in [0.2, 0.25) is 0 Å². The number of nitrogens with zero attached hydrogens (tertiary/aromatic N) is 3. The van der Waals surface area contributed by atoms with Crippen LogP contribution < -0.4 is 21.7 Å². The highest BCUT2D eigenvalue weighted by Gasteiger charge is 2.28. The molecule has 16 heteroatoms. The van der Waals surface area contributed by atoms with E-state index in [1.807, 2.05) is 6.92 Å². The summed E-state index contributed by atoms with van der Waals surface area (Å²) in [5, 5.41) is 11.4. The first-order chi connectivity index (χ1) is 18.4. The van der Waals surface area contributed by atoms with Gasteiger partial charge in [-0.3, -0.25) is 19.2 Å². The number of amides is 4. The van der Waals surface area contributed by atoms with E-state index >= 15 is 0 Å². The van der Waals surface area contributed by atoms with Gasteiger partial charge in [0.2, 0.25) is 23.6 Å². The molecule has 0 spiro atoms. The van der Waals surface area contributed by atoms with Crippen molar-refractivity contribution in [1.29, 1.82) is 0 Å². The number of azide groups is 1. The molecule has 3 atom stereocenters. The second kappa shape index (κ2) is 21.0. The van der Waals surface area contributed by atoms with Gasteiger partial charge in [0.05, 0.1) is 16.7 Å². The summed E-state index contributed by atoms with van der Waals surface area (Å²) in [7, 11) is -4.28. The number of nitrogens with two attached hydrogens (primary N) is 1.